The third-order valence-corrected chi connectivity index (χ3v) is 4.56. The maximum Gasteiger partial charge on any atom is 0.331 e. The second-order valence-electron chi connectivity index (χ2n) is 6.98. The van der Waals surface area contributed by atoms with E-state index in [0.717, 1.165) is 16.7 Å². The van der Waals surface area contributed by atoms with Crippen molar-refractivity contribution in [1.29, 1.82) is 0 Å². The number of ether oxygens (including phenoxy) is 1. The third kappa shape index (κ3) is 6.06. The van der Waals surface area contributed by atoms with E-state index < -0.39 is 18.0 Å². The Labute approximate surface area is 181 Å². The van der Waals surface area contributed by atoms with Crippen LogP contribution in [0.5, 0.6) is 0 Å². The molecule has 152 valence electrons. The largest absolute Gasteiger partial charge is 0.444 e. The van der Waals surface area contributed by atoms with Crippen molar-refractivity contribution in [2.75, 3.05) is 5.32 Å². The van der Waals surface area contributed by atoms with Crippen LogP contribution in [-0.2, 0) is 14.3 Å². The van der Waals surface area contributed by atoms with Crippen molar-refractivity contribution in [2.45, 2.75) is 20.0 Å². The van der Waals surface area contributed by atoms with Gasteiger partial charge < -0.3 is 10.1 Å². The summed E-state index contributed by atoms with van der Waals surface area (Å²) in [5, 5.41) is 3.42. The summed E-state index contributed by atoms with van der Waals surface area (Å²) < 4.78 is 5.51. The molecule has 30 heavy (non-hydrogen) atoms. The lowest BCUT2D eigenvalue weighted by molar-refractivity contribution is -0.149. The van der Waals surface area contributed by atoms with Crippen molar-refractivity contribution in [3.8, 4) is 0 Å². The molecule has 1 amide bonds. The van der Waals surface area contributed by atoms with Crippen LogP contribution in [0.3, 0.4) is 0 Å². The maximum absolute atomic E-state index is 13.0. The molecule has 0 aliphatic rings. The fraction of sp³-hybridized carbons (Fsp3) is 0.120. The quantitative estimate of drug-likeness (QED) is 0.400. The van der Waals surface area contributed by atoms with Crippen LogP contribution in [-0.4, -0.2) is 11.9 Å². The summed E-state index contributed by atoms with van der Waals surface area (Å²) in [5.74, 6) is -1.05. The van der Waals surface area contributed by atoms with Gasteiger partial charge in [0, 0.05) is 22.3 Å². The van der Waals surface area contributed by atoms with E-state index in [-0.39, 0.29) is 0 Å². The first-order valence-corrected chi connectivity index (χ1v) is 9.87. The number of carbonyl (C=O) groups is 2. The van der Waals surface area contributed by atoms with Gasteiger partial charge in [0.05, 0.1) is 0 Å². The average molecular weight is 420 g/mol. The number of benzene rings is 3. The topological polar surface area (TPSA) is 55.4 Å². The minimum atomic E-state index is -1.08. The summed E-state index contributed by atoms with van der Waals surface area (Å²) in [7, 11) is 0. The van der Waals surface area contributed by atoms with Gasteiger partial charge in [-0.25, -0.2) is 4.79 Å². The van der Waals surface area contributed by atoms with Crippen LogP contribution < -0.4 is 5.32 Å². The Kier molecular flexibility index (Phi) is 7.04. The zero-order chi connectivity index (χ0) is 21.5. The number of hydrogen-bond donors (Lipinski definition) is 1. The van der Waals surface area contributed by atoms with Crippen LogP contribution >= 0.6 is 11.6 Å². The van der Waals surface area contributed by atoms with E-state index in [1.54, 1.807) is 48.5 Å². The van der Waals surface area contributed by atoms with Gasteiger partial charge in [0.1, 0.15) is 0 Å². The molecule has 0 spiro atoms. The van der Waals surface area contributed by atoms with E-state index in [4.69, 9.17) is 16.3 Å². The molecular weight excluding hydrogens is 398 g/mol. The van der Waals surface area contributed by atoms with Crippen LogP contribution in [0.4, 0.5) is 5.69 Å². The van der Waals surface area contributed by atoms with Crippen LogP contribution in [0, 0.1) is 13.8 Å². The number of carbonyl (C=O) groups excluding carboxylic acids is 2. The van der Waals surface area contributed by atoms with Gasteiger partial charge in [0.2, 0.25) is 6.10 Å². The lowest BCUT2D eigenvalue weighted by Crippen LogP contribution is -2.25. The molecule has 4 nitrogen and oxygen atoms in total. The molecule has 0 aliphatic heterocycles. The molecule has 0 aromatic heterocycles. The number of nitrogens with one attached hydrogen (secondary N) is 1. The van der Waals surface area contributed by atoms with E-state index in [1.807, 2.05) is 44.2 Å². The smallest absolute Gasteiger partial charge is 0.331 e. The van der Waals surface area contributed by atoms with Gasteiger partial charge in [0.25, 0.3) is 5.91 Å². The Morgan fingerprint density at radius 3 is 2.30 bits per heavy atom. The van der Waals surface area contributed by atoms with Crippen molar-refractivity contribution in [3.05, 3.63) is 106 Å². The van der Waals surface area contributed by atoms with Gasteiger partial charge >= 0.3 is 5.97 Å². The molecule has 0 radical (unpaired) electrons. The summed E-state index contributed by atoms with van der Waals surface area (Å²) in [6.45, 7) is 3.91. The highest BCUT2D eigenvalue weighted by Gasteiger charge is 2.24. The zero-order valence-corrected chi connectivity index (χ0v) is 17.5. The monoisotopic (exact) mass is 419 g/mol. The molecule has 0 unspecified atom stereocenters. The Morgan fingerprint density at radius 2 is 1.63 bits per heavy atom. The van der Waals surface area contributed by atoms with Crippen molar-refractivity contribution < 1.29 is 14.3 Å². The van der Waals surface area contributed by atoms with Crippen molar-refractivity contribution in [3.63, 3.8) is 0 Å². The molecular formula is C25H22ClNO3. The molecule has 3 aromatic carbocycles. The Bertz CT molecular complexity index is 1060. The fourth-order valence-electron chi connectivity index (χ4n) is 3.09. The minimum absolute atomic E-state index is 0.421. The summed E-state index contributed by atoms with van der Waals surface area (Å²) in [6.07, 6.45) is 1.80. The van der Waals surface area contributed by atoms with Crippen LogP contribution in [0.15, 0.2) is 78.9 Å². The predicted molar refractivity (Wildman–Crippen MR) is 120 cm³/mol. The van der Waals surface area contributed by atoms with Crippen molar-refractivity contribution in [1.82, 2.24) is 0 Å². The first-order valence-electron chi connectivity index (χ1n) is 9.49. The normalized spacial score (nSPS) is 11.8. The number of amides is 1. The van der Waals surface area contributed by atoms with Gasteiger partial charge in [-0.05, 0) is 60.9 Å². The lowest BCUT2D eigenvalue weighted by atomic mass is 10.1. The van der Waals surface area contributed by atoms with Gasteiger partial charge in [-0.15, -0.1) is 0 Å². The average Bonchev–Trinajstić information content (AvgIpc) is 2.70. The first-order chi connectivity index (χ1) is 14.4. The molecule has 0 bridgehead atoms. The number of anilines is 1. The summed E-state index contributed by atoms with van der Waals surface area (Å²) in [5.41, 5.74) is 4.06. The van der Waals surface area contributed by atoms with Gasteiger partial charge in [-0.1, -0.05) is 60.1 Å². The van der Waals surface area contributed by atoms with E-state index in [1.165, 1.54) is 6.08 Å². The number of hydrogen-bond acceptors (Lipinski definition) is 3. The van der Waals surface area contributed by atoms with E-state index >= 15 is 0 Å². The van der Waals surface area contributed by atoms with Crippen LogP contribution in [0.1, 0.15) is 28.4 Å². The van der Waals surface area contributed by atoms with Gasteiger partial charge in [-0.2, -0.15) is 0 Å². The Hall–Kier alpha value is -3.37. The maximum atomic E-state index is 13.0. The summed E-state index contributed by atoms with van der Waals surface area (Å²) >= 11 is 5.96. The SMILES string of the molecule is Cc1cc(C)cc(NC(=O)[C@@H](OC(=O)C=Cc2cccc(Cl)c2)c2ccccc2)c1. The van der Waals surface area contributed by atoms with E-state index in [9.17, 15) is 9.59 Å². The van der Waals surface area contributed by atoms with Gasteiger partial charge in [0.15, 0.2) is 0 Å². The molecule has 5 heteroatoms. The molecule has 0 saturated carbocycles. The fourth-order valence-corrected chi connectivity index (χ4v) is 3.28. The standard InChI is InChI=1S/C25H22ClNO3/c1-17-13-18(2)15-22(14-17)27-25(29)24(20-8-4-3-5-9-20)30-23(28)12-11-19-7-6-10-21(26)16-19/h3-16,24H,1-2H3,(H,27,29)/t24-/m0/s1. The van der Waals surface area contributed by atoms with Crippen LogP contribution in [0.25, 0.3) is 6.08 Å². The molecule has 1 atom stereocenters. The molecule has 0 fully saturated rings. The second kappa shape index (κ2) is 9.90. The summed E-state index contributed by atoms with van der Waals surface area (Å²) in [4.78, 5) is 25.4. The first kappa shape index (κ1) is 21.3. The molecule has 3 aromatic rings. The van der Waals surface area contributed by atoms with Crippen molar-refractivity contribution in [2.24, 2.45) is 0 Å². The number of aryl methyl sites for hydroxylation is 2. The third-order valence-electron chi connectivity index (χ3n) is 4.32. The highest BCUT2D eigenvalue weighted by atomic mass is 35.5. The van der Waals surface area contributed by atoms with E-state index in [2.05, 4.69) is 5.32 Å². The molecule has 0 aliphatic carbocycles. The predicted octanol–water partition coefficient (Wildman–Crippen LogP) is 5.89. The number of halogens is 1. The number of esters is 1. The van der Waals surface area contributed by atoms with Crippen LogP contribution in [0.2, 0.25) is 5.02 Å². The highest BCUT2D eigenvalue weighted by Crippen LogP contribution is 2.22. The molecule has 3 rings (SSSR count). The highest BCUT2D eigenvalue weighted by molar-refractivity contribution is 6.30. The molecule has 0 saturated heterocycles. The molecule has 0 heterocycles. The minimum Gasteiger partial charge on any atom is -0.444 e. The Balaban J connectivity index is 1.78. The Morgan fingerprint density at radius 1 is 0.933 bits per heavy atom. The number of rotatable bonds is 6. The zero-order valence-electron chi connectivity index (χ0n) is 16.8. The van der Waals surface area contributed by atoms with E-state index in [0.29, 0.717) is 16.3 Å². The lowest BCUT2D eigenvalue weighted by Gasteiger charge is -2.18. The summed E-state index contributed by atoms with van der Waals surface area (Å²) in [6, 6.07) is 21.8. The van der Waals surface area contributed by atoms with Crippen molar-refractivity contribution >= 4 is 35.2 Å². The van der Waals surface area contributed by atoms with Gasteiger partial charge in [-0.3, -0.25) is 4.79 Å². The second-order valence-corrected chi connectivity index (χ2v) is 7.42. The molecule has 1 N–H and O–H groups in total.